The maximum atomic E-state index is 5.65. The first-order valence-corrected chi connectivity index (χ1v) is 12.5. The van der Waals surface area contributed by atoms with Gasteiger partial charge in [0.05, 0.1) is 7.11 Å². The van der Waals surface area contributed by atoms with Crippen LogP contribution in [0.5, 0.6) is 5.75 Å². The maximum Gasteiger partial charge on any atom is 0.119 e. The van der Waals surface area contributed by atoms with E-state index >= 15 is 0 Å². The molecule has 9 rings (SSSR count). The molecule has 0 atom stereocenters. The van der Waals surface area contributed by atoms with E-state index in [9.17, 15) is 0 Å². The summed E-state index contributed by atoms with van der Waals surface area (Å²) in [7, 11) is 1.75. The minimum Gasteiger partial charge on any atom is -0.497 e. The van der Waals surface area contributed by atoms with Gasteiger partial charge in [-0.25, -0.2) is 0 Å². The van der Waals surface area contributed by atoms with Crippen molar-refractivity contribution in [2.24, 2.45) is 0 Å². The van der Waals surface area contributed by atoms with Gasteiger partial charge in [-0.1, -0.05) is 91.0 Å². The van der Waals surface area contributed by atoms with Crippen molar-refractivity contribution in [1.82, 2.24) is 0 Å². The van der Waals surface area contributed by atoms with Gasteiger partial charge >= 0.3 is 0 Å². The lowest BCUT2D eigenvalue weighted by atomic mass is 9.88. The molecule has 0 aromatic heterocycles. The van der Waals surface area contributed by atoms with Crippen molar-refractivity contribution in [2.45, 2.75) is 0 Å². The third-order valence-corrected chi connectivity index (χ3v) is 8.41. The lowest BCUT2D eigenvalue weighted by Crippen LogP contribution is -1.88. The van der Waals surface area contributed by atoms with Gasteiger partial charge < -0.3 is 4.74 Å². The Bertz CT molecular complexity index is 2130. The number of methoxy groups -OCH3 is 1. The van der Waals surface area contributed by atoms with Gasteiger partial charge in [0.15, 0.2) is 0 Å². The quantitative estimate of drug-likeness (QED) is 0.176. The first-order valence-electron chi connectivity index (χ1n) is 12.5. The van der Waals surface area contributed by atoms with E-state index in [4.69, 9.17) is 4.74 Å². The van der Waals surface area contributed by atoms with Gasteiger partial charge in [-0.2, -0.15) is 0 Å². The van der Waals surface area contributed by atoms with Gasteiger partial charge in [0.25, 0.3) is 0 Å². The third-order valence-electron chi connectivity index (χ3n) is 8.41. The van der Waals surface area contributed by atoms with Gasteiger partial charge in [0.1, 0.15) is 5.75 Å². The van der Waals surface area contributed by atoms with Crippen LogP contribution in [0.2, 0.25) is 0 Å². The van der Waals surface area contributed by atoms with Crippen LogP contribution in [0.4, 0.5) is 0 Å². The van der Waals surface area contributed by atoms with Crippen molar-refractivity contribution in [2.75, 3.05) is 7.11 Å². The highest BCUT2D eigenvalue weighted by Crippen LogP contribution is 2.62. The predicted octanol–water partition coefficient (Wildman–Crippen LogP) is 9.60. The average molecular weight is 457 g/mol. The molecule has 7 aromatic rings. The van der Waals surface area contributed by atoms with Crippen LogP contribution in [0.25, 0.3) is 87.6 Å². The Morgan fingerprint density at radius 1 is 0.389 bits per heavy atom. The zero-order valence-corrected chi connectivity index (χ0v) is 19.7. The molecular weight excluding hydrogens is 436 g/mol. The summed E-state index contributed by atoms with van der Waals surface area (Å²) in [4.78, 5) is 0. The molecule has 1 nitrogen and oxygen atoms in total. The van der Waals surface area contributed by atoms with Crippen molar-refractivity contribution in [3.63, 3.8) is 0 Å². The summed E-state index contributed by atoms with van der Waals surface area (Å²) in [6, 6.07) is 38.1. The largest absolute Gasteiger partial charge is 0.497 e. The van der Waals surface area contributed by atoms with E-state index in [2.05, 4.69) is 103 Å². The Labute approximate surface area is 208 Å². The van der Waals surface area contributed by atoms with Crippen molar-refractivity contribution < 1.29 is 4.74 Å². The van der Waals surface area contributed by atoms with Gasteiger partial charge in [-0.05, 0) is 99.7 Å². The summed E-state index contributed by atoms with van der Waals surface area (Å²) in [6.45, 7) is 0. The molecule has 0 fully saturated rings. The molecule has 0 N–H and O–H groups in total. The highest BCUT2D eigenvalue weighted by Gasteiger charge is 2.34. The molecule has 1 heteroatoms. The van der Waals surface area contributed by atoms with E-state index in [1.165, 1.54) is 87.6 Å². The summed E-state index contributed by atoms with van der Waals surface area (Å²) in [5.74, 6) is 0.901. The van der Waals surface area contributed by atoms with Crippen molar-refractivity contribution in [3.05, 3.63) is 103 Å². The topological polar surface area (TPSA) is 9.23 Å². The second-order valence-corrected chi connectivity index (χ2v) is 9.96. The molecule has 0 unspecified atom stereocenters. The van der Waals surface area contributed by atoms with Crippen molar-refractivity contribution in [3.8, 4) is 50.3 Å². The normalized spacial score (nSPS) is 12.6. The number of benzene rings is 7. The highest BCUT2D eigenvalue weighted by molar-refractivity contribution is 6.39. The number of rotatable bonds is 1. The first-order chi connectivity index (χ1) is 17.8. The fourth-order valence-corrected chi connectivity index (χ4v) is 7.06. The molecule has 0 aliphatic heterocycles. The first kappa shape index (κ1) is 18.7. The summed E-state index contributed by atoms with van der Waals surface area (Å²) in [5, 5.41) is 10.7. The third kappa shape index (κ3) is 2.01. The zero-order chi connectivity index (χ0) is 23.5. The molecule has 7 aromatic carbocycles. The summed E-state index contributed by atoms with van der Waals surface area (Å²) in [6.07, 6.45) is 0. The van der Waals surface area contributed by atoms with Crippen molar-refractivity contribution in [1.29, 1.82) is 0 Å². The minimum atomic E-state index is 0.901. The van der Waals surface area contributed by atoms with Crippen molar-refractivity contribution >= 4 is 43.1 Å². The monoisotopic (exact) mass is 456 g/mol. The molecule has 2 aliphatic rings. The molecule has 166 valence electrons. The molecule has 36 heavy (non-hydrogen) atoms. The van der Waals surface area contributed by atoms with Gasteiger partial charge in [0.2, 0.25) is 0 Å². The summed E-state index contributed by atoms with van der Waals surface area (Å²) >= 11 is 0. The average Bonchev–Trinajstić information content (AvgIpc) is 3.46. The SMILES string of the molecule is COc1ccc2c(c1)-c1c3ccccc3c3c4c(ccc-2c14)-c1c-3c2ccccc2c2ccccc12. The van der Waals surface area contributed by atoms with E-state index in [0.717, 1.165) is 5.75 Å². The zero-order valence-electron chi connectivity index (χ0n) is 19.7. The Morgan fingerprint density at radius 3 is 1.56 bits per heavy atom. The lowest BCUT2D eigenvalue weighted by Gasteiger charge is -2.15. The molecular formula is C35H20O. The Balaban J connectivity index is 1.59. The highest BCUT2D eigenvalue weighted by atomic mass is 16.5. The maximum absolute atomic E-state index is 5.65. The summed E-state index contributed by atoms with van der Waals surface area (Å²) in [5.41, 5.74) is 10.7. The van der Waals surface area contributed by atoms with Gasteiger partial charge in [-0.3, -0.25) is 0 Å². The van der Waals surface area contributed by atoms with Gasteiger partial charge in [0, 0.05) is 0 Å². The smallest absolute Gasteiger partial charge is 0.119 e. The Morgan fingerprint density at radius 2 is 0.889 bits per heavy atom. The molecule has 2 aliphatic carbocycles. The van der Waals surface area contributed by atoms with E-state index in [1.54, 1.807) is 7.11 Å². The van der Waals surface area contributed by atoms with E-state index < -0.39 is 0 Å². The standard InChI is InChI=1S/C35H20O/c1-36-19-14-15-22-27-16-17-28-30-23-10-4-2-8-20(23)21-9-3-5-11-24(21)32(30)34-26-13-7-6-12-25(26)31(29(22)18-19)33(27)35(28)34/h2-18H,1H3. The van der Waals surface area contributed by atoms with E-state index in [-0.39, 0.29) is 0 Å². The van der Waals surface area contributed by atoms with E-state index in [0.29, 0.717) is 0 Å². The molecule has 0 bridgehead atoms. The Hall–Kier alpha value is -4.62. The molecule has 0 amide bonds. The fraction of sp³-hybridized carbons (Fsp3) is 0.0286. The number of hydrogen-bond acceptors (Lipinski definition) is 1. The van der Waals surface area contributed by atoms with Crippen LogP contribution in [0.3, 0.4) is 0 Å². The predicted molar refractivity (Wildman–Crippen MR) is 152 cm³/mol. The second-order valence-electron chi connectivity index (χ2n) is 9.96. The minimum absolute atomic E-state index is 0.901. The number of hydrogen-bond donors (Lipinski definition) is 0. The number of ether oxygens (including phenoxy) is 1. The van der Waals surface area contributed by atoms with Crippen LogP contribution < -0.4 is 4.74 Å². The van der Waals surface area contributed by atoms with Crippen LogP contribution >= 0.6 is 0 Å². The molecule has 0 spiro atoms. The molecule has 0 heterocycles. The fourth-order valence-electron chi connectivity index (χ4n) is 7.06. The molecule has 0 radical (unpaired) electrons. The number of fused-ring (bicyclic) bond motifs is 14. The van der Waals surface area contributed by atoms with E-state index in [1.807, 2.05) is 0 Å². The van der Waals surface area contributed by atoms with Crippen LogP contribution in [0, 0.1) is 0 Å². The van der Waals surface area contributed by atoms with Crippen LogP contribution in [-0.4, -0.2) is 7.11 Å². The van der Waals surface area contributed by atoms with Crippen LogP contribution in [-0.2, 0) is 0 Å². The van der Waals surface area contributed by atoms with Crippen LogP contribution in [0.1, 0.15) is 0 Å². The molecule has 0 saturated heterocycles. The lowest BCUT2D eigenvalue weighted by molar-refractivity contribution is 0.415. The Kier molecular flexibility index (Phi) is 3.28. The second kappa shape index (κ2) is 6.33. The molecule has 0 saturated carbocycles. The van der Waals surface area contributed by atoms with Gasteiger partial charge in [-0.15, -0.1) is 0 Å². The van der Waals surface area contributed by atoms with Crippen LogP contribution in [0.15, 0.2) is 103 Å². The summed E-state index contributed by atoms with van der Waals surface area (Å²) < 4.78 is 5.65.